The molecule has 2 heterocycles. The number of carbonyl (C=O) groups excluding carboxylic acids is 2. The fourth-order valence-corrected chi connectivity index (χ4v) is 4.34. The number of benzene rings is 1. The quantitative estimate of drug-likeness (QED) is 0.768. The van der Waals surface area contributed by atoms with Gasteiger partial charge in [-0.15, -0.1) is 0 Å². The highest BCUT2D eigenvalue weighted by Crippen LogP contribution is 2.22. The summed E-state index contributed by atoms with van der Waals surface area (Å²) >= 11 is 0. The van der Waals surface area contributed by atoms with Crippen LogP contribution < -0.4 is 4.72 Å². The number of fused-ring (bicyclic) bond motifs is 1. The first-order chi connectivity index (χ1) is 12.4. The third-order valence-corrected chi connectivity index (χ3v) is 5.79. The van der Waals surface area contributed by atoms with Crippen molar-refractivity contribution in [1.82, 2.24) is 9.62 Å². The maximum atomic E-state index is 12.1. The maximum absolute atomic E-state index is 12.1. The monoisotopic (exact) mass is 379 g/mol. The van der Waals surface area contributed by atoms with Gasteiger partial charge < -0.3 is 9.64 Å². The second-order valence-corrected chi connectivity index (χ2v) is 8.17. The third-order valence-electron chi connectivity index (χ3n) is 4.40. The van der Waals surface area contributed by atoms with Crippen LogP contribution in [0.1, 0.15) is 25.3 Å². The van der Waals surface area contributed by atoms with Crippen LogP contribution in [0.25, 0.3) is 0 Å². The van der Waals surface area contributed by atoms with Gasteiger partial charge in [-0.25, -0.2) is 8.42 Å². The average molecular weight is 379 g/mol. The van der Waals surface area contributed by atoms with E-state index < -0.39 is 16.0 Å². The van der Waals surface area contributed by atoms with Crippen molar-refractivity contribution in [1.29, 1.82) is 0 Å². The smallest absolute Gasteiger partial charge is 0.328 e. The number of likely N-dealkylation sites (tertiary alicyclic amines) is 1. The van der Waals surface area contributed by atoms with Crippen LogP contribution in [0.5, 0.6) is 0 Å². The van der Waals surface area contributed by atoms with Crippen LogP contribution in [0.4, 0.5) is 0 Å². The molecular weight excluding hydrogens is 358 g/mol. The van der Waals surface area contributed by atoms with Crippen molar-refractivity contribution in [3.05, 3.63) is 29.8 Å². The molecular formula is C17H21N3O5S. The van der Waals surface area contributed by atoms with E-state index in [-0.39, 0.29) is 29.8 Å². The molecule has 0 aliphatic carbocycles. The van der Waals surface area contributed by atoms with E-state index in [0.717, 1.165) is 12.8 Å². The zero-order chi connectivity index (χ0) is 18.7. The Morgan fingerprint density at radius 2 is 2.12 bits per heavy atom. The fraction of sp³-hybridized carbons (Fsp3) is 0.471. The molecule has 2 aliphatic heterocycles. The van der Waals surface area contributed by atoms with Crippen molar-refractivity contribution in [2.45, 2.75) is 24.7 Å². The molecule has 1 aromatic rings. The number of amides is 1. The number of ether oxygens (including phenoxy) is 1. The molecule has 1 N–H and O–H groups in total. The van der Waals surface area contributed by atoms with Crippen molar-refractivity contribution >= 4 is 27.7 Å². The molecule has 2 aliphatic rings. The number of hydrogen-bond donors (Lipinski definition) is 1. The van der Waals surface area contributed by atoms with Crippen LogP contribution >= 0.6 is 0 Å². The van der Waals surface area contributed by atoms with E-state index in [0.29, 0.717) is 24.6 Å². The van der Waals surface area contributed by atoms with Gasteiger partial charge in [-0.2, -0.15) is 0 Å². The molecule has 1 saturated heterocycles. The molecule has 0 bridgehead atoms. The zero-order valence-corrected chi connectivity index (χ0v) is 15.3. The molecule has 3 rings (SSSR count). The molecule has 9 heteroatoms. The molecule has 140 valence electrons. The number of sulfonamides is 1. The summed E-state index contributed by atoms with van der Waals surface area (Å²) in [6.07, 6.45) is 2.05. The Morgan fingerprint density at radius 1 is 1.35 bits per heavy atom. The van der Waals surface area contributed by atoms with Gasteiger partial charge in [0.2, 0.25) is 0 Å². The molecule has 1 atom stereocenters. The van der Waals surface area contributed by atoms with Crippen LogP contribution in [0.2, 0.25) is 0 Å². The van der Waals surface area contributed by atoms with Gasteiger partial charge in [0.25, 0.3) is 15.9 Å². The number of nitrogens with zero attached hydrogens (tertiary/aromatic N) is 2. The fourth-order valence-electron chi connectivity index (χ4n) is 3.09. The SMILES string of the molecule is C[C@H]1CCCN(C(=O)COC(=O)CN=C2NS(=O)(=O)c3ccccc32)C1. The maximum Gasteiger partial charge on any atom is 0.328 e. The highest BCUT2D eigenvalue weighted by molar-refractivity contribution is 7.90. The molecule has 1 aromatic carbocycles. The highest BCUT2D eigenvalue weighted by Gasteiger charge is 2.30. The van der Waals surface area contributed by atoms with Gasteiger partial charge in [0.1, 0.15) is 12.4 Å². The second-order valence-electron chi connectivity index (χ2n) is 6.51. The lowest BCUT2D eigenvalue weighted by Crippen LogP contribution is -2.41. The number of nitrogens with one attached hydrogen (secondary N) is 1. The standard InChI is InChI=1S/C17H21N3O5S/c1-12-5-4-8-20(10-12)15(21)11-25-16(22)9-18-17-13-6-2-3-7-14(13)26(23,24)19-17/h2-3,6-7,12H,4-5,8-11H2,1H3,(H,18,19)/t12-/m0/s1. The lowest BCUT2D eigenvalue weighted by atomic mass is 10.0. The Hall–Kier alpha value is -2.42. The van der Waals surface area contributed by atoms with E-state index in [9.17, 15) is 18.0 Å². The number of piperidine rings is 1. The molecule has 0 aromatic heterocycles. The minimum atomic E-state index is -3.64. The Bertz CT molecular complexity index is 850. The molecule has 1 fully saturated rings. The summed E-state index contributed by atoms with van der Waals surface area (Å²) in [5, 5.41) is 0. The molecule has 8 nitrogen and oxygen atoms in total. The van der Waals surface area contributed by atoms with Gasteiger partial charge in [-0.05, 0) is 30.9 Å². The molecule has 26 heavy (non-hydrogen) atoms. The van der Waals surface area contributed by atoms with Crippen molar-refractivity contribution in [3.63, 3.8) is 0 Å². The first-order valence-corrected chi connectivity index (χ1v) is 9.95. The summed E-state index contributed by atoms with van der Waals surface area (Å²) in [5.74, 6) is -0.344. The van der Waals surface area contributed by atoms with Crippen LogP contribution in [0.3, 0.4) is 0 Å². The predicted molar refractivity (Wildman–Crippen MR) is 94.1 cm³/mol. The summed E-state index contributed by atoms with van der Waals surface area (Å²) in [7, 11) is -3.64. The Balaban J connectivity index is 1.55. The van der Waals surface area contributed by atoms with Gasteiger partial charge in [-0.3, -0.25) is 19.3 Å². The zero-order valence-electron chi connectivity index (χ0n) is 14.5. The Kier molecular flexibility index (Phi) is 5.26. The minimum Gasteiger partial charge on any atom is -0.454 e. The molecule has 0 saturated carbocycles. The van der Waals surface area contributed by atoms with Crippen LogP contribution in [-0.2, 0) is 24.3 Å². The molecule has 0 unspecified atom stereocenters. The summed E-state index contributed by atoms with van der Waals surface area (Å²) in [5.41, 5.74) is 0.415. The van der Waals surface area contributed by atoms with Gasteiger partial charge in [-0.1, -0.05) is 19.1 Å². The third kappa shape index (κ3) is 4.04. The largest absolute Gasteiger partial charge is 0.454 e. The highest BCUT2D eigenvalue weighted by atomic mass is 32.2. The summed E-state index contributed by atoms with van der Waals surface area (Å²) in [4.78, 5) is 29.7. The second kappa shape index (κ2) is 7.45. The Labute approximate surface area is 152 Å². The van der Waals surface area contributed by atoms with Gasteiger partial charge in [0.15, 0.2) is 6.61 Å². The molecule has 0 radical (unpaired) electrons. The Morgan fingerprint density at radius 3 is 2.88 bits per heavy atom. The number of rotatable bonds is 4. The van der Waals surface area contributed by atoms with Crippen LogP contribution in [0, 0.1) is 5.92 Å². The number of hydrogen-bond acceptors (Lipinski definition) is 6. The van der Waals surface area contributed by atoms with E-state index in [2.05, 4.69) is 16.6 Å². The first kappa shape index (κ1) is 18.4. The van der Waals surface area contributed by atoms with Crippen molar-refractivity contribution < 1.29 is 22.7 Å². The molecule has 1 amide bonds. The van der Waals surface area contributed by atoms with Crippen molar-refractivity contribution in [3.8, 4) is 0 Å². The van der Waals surface area contributed by atoms with Crippen molar-refractivity contribution in [2.75, 3.05) is 26.2 Å². The van der Waals surface area contributed by atoms with Crippen LogP contribution in [0.15, 0.2) is 34.2 Å². The summed E-state index contributed by atoms with van der Waals surface area (Å²) in [6, 6.07) is 6.38. The minimum absolute atomic E-state index is 0.105. The van der Waals surface area contributed by atoms with E-state index in [1.54, 1.807) is 23.1 Å². The lowest BCUT2D eigenvalue weighted by Gasteiger charge is -2.30. The van der Waals surface area contributed by atoms with E-state index in [1.807, 2.05) is 0 Å². The summed E-state index contributed by atoms with van der Waals surface area (Å²) < 4.78 is 31.2. The number of carbonyl (C=O) groups is 2. The van der Waals surface area contributed by atoms with Gasteiger partial charge >= 0.3 is 5.97 Å². The molecule has 0 spiro atoms. The van der Waals surface area contributed by atoms with Crippen LogP contribution in [-0.4, -0.2) is 57.3 Å². The van der Waals surface area contributed by atoms with Gasteiger partial charge in [0.05, 0.1) is 4.90 Å². The lowest BCUT2D eigenvalue weighted by molar-refractivity contribution is -0.151. The topological polar surface area (TPSA) is 105 Å². The number of aliphatic imine (C=N–C) groups is 1. The normalized spacial score (nSPS) is 22.6. The van der Waals surface area contributed by atoms with E-state index in [4.69, 9.17) is 4.74 Å². The van der Waals surface area contributed by atoms with E-state index >= 15 is 0 Å². The van der Waals surface area contributed by atoms with Crippen molar-refractivity contribution in [2.24, 2.45) is 10.9 Å². The summed E-state index contributed by atoms with van der Waals surface area (Å²) in [6.45, 7) is 2.76. The van der Waals surface area contributed by atoms with Gasteiger partial charge in [0, 0.05) is 18.7 Å². The number of esters is 1. The average Bonchev–Trinajstić information content (AvgIpc) is 2.89. The first-order valence-electron chi connectivity index (χ1n) is 8.47. The van der Waals surface area contributed by atoms with E-state index in [1.165, 1.54) is 6.07 Å². The number of amidine groups is 1. The predicted octanol–water partition coefficient (Wildman–Crippen LogP) is 0.527.